The summed E-state index contributed by atoms with van der Waals surface area (Å²) >= 11 is 0. The number of phenols is 1. The minimum atomic E-state index is -1.43. The fraction of sp³-hybridized carbons (Fsp3) is 0.594. The molecule has 280 valence electrons. The molecule has 14 N–H and O–H groups in total. The van der Waals surface area contributed by atoms with Gasteiger partial charge in [0.2, 0.25) is 23.6 Å². The number of carboxylic acid groups (broad SMARTS) is 1. The van der Waals surface area contributed by atoms with Crippen LogP contribution in [0.5, 0.6) is 5.75 Å². The second-order valence-corrected chi connectivity index (χ2v) is 12.1. The number of hydrogen-bond acceptors (Lipinski definition) is 11. The van der Waals surface area contributed by atoms with Crippen molar-refractivity contribution in [3.05, 3.63) is 29.8 Å². The number of nitrogens with one attached hydrogen (secondary N) is 4. The molecule has 50 heavy (non-hydrogen) atoms. The van der Waals surface area contributed by atoms with Gasteiger partial charge in [-0.3, -0.25) is 29.0 Å². The Bertz CT molecular complexity index is 1300. The van der Waals surface area contributed by atoms with E-state index in [1.807, 2.05) is 0 Å². The van der Waals surface area contributed by atoms with Gasteiger partial charge >= 0.3 is 11.9 Å². The number of carbonyl (C=O) groups is 6. The number of rotatable bonds is 23. The molecule has 1 aromatic rings. The van der Waals surface area contributed by atoms with Gasteiger partial charge in [0, 0.05) is 19.4 Å². The van der Waals surface area contributed by atoms with Crippen molar-refractivity contribution >= 4 is 41.5 Å². The first-order chi connectivity index (χ1) is 23.6. The molecule has 18 nitrogen and oxygen atoms in total. The van der Waals surface area contributed by atoms with Gasteiger partial charge in [-0.05, 0) is 62.3 Å². The Morgan fingerprint density at radius 3 is 1.94 bits per heavy atom. The zero-order valence-corrected chi connectivity index (χ0v) is 28.9. The number of benzene rings is 1. The number of amides is 4. The monoisotopic (exact) mass is 707 g/mol. The van der Waals surface area contributed by atoms with Crippen molar-refractivity contribution < 1.29 is 43.7 Å². The highest BCUT2D eigenvalue weighted by Gasteiger charge is 2.33. The van der Waals surface area contributed by atoms with E-state index in [2.05, 4.69) is 26.3 Å². The van der Waals surface area contributed by atoms with Crippen LogP contribution in [0.3, 0.4) is 0 Å². The highest BCUT2D eigenvalue weighted by molar-refractivity contribution is 5.95. The minimum absolute atomic E-state index is 0.0149. The summed E-state index contributed by atoms with van der Waals surface area (Å²) in [5.74, 6) is -5.68. The Kier molecular flexibility index (Phi) is 19.5. The lowest BCUT2D eigenvalue weighted by Crippen LogP contribution is -2.59. The molecule has 18 heteroatoms. The van der Waals surface area contributed by atoms with E-state index in [-0.39, 0.29) is 43.9 Å². The second-order valence-electron chi connectivity index (χ2n) is 12.1. The largest absolute Gasteiger partial charge is 0.508 e. The lowest BCUT2D eigenvalue weighted by atomic mass is 10.00. The predicted octanol–water partition coefficient (Wildman–Crippen LogP) is -1.92. The Morgan fingerprint density at radius 2 is 1.38 bits per heavy atom. The SMILES string of the molecule is COC(=O)[C@H](Cc1ccc(O)cc1)NC(=O)[C@@H](NC(=O)[C@H](CCC(=O)O)NC(=O)[C@H](CCCN=C(N)N)NC(=O)[C@@H](N)CCCCN)C(C)C. The number of esters is 1. The van der Waals surface area contributed by atoms with Crippen LogP contribution in [0.25, 0.3) is 0 Å². The van der Waals surface area contributed by atoms with Crippen molar-refractivity contribution in [2.24, 2.45) is 33.8 Å². The summed E-state index contributed by atoms with van der Waals surface area (Å²) in [6, 6.07) is 0.0514. The van der Waals surface area contributed by atoms with Crippen molar-refractivity contribution in [2.75, 3.05) is 20.2 Å². The molecule has 0 heterocycles. The molecule has 0 aliphatic heterocycles. The zero-order chi connectivity index (χ0) is 37.8. The molecular formula is C32H53N9O9. The van der Waals surface area contributed by atoms with E-state index >= 15 is 0 Å². The first-order valence-corrected chi connectivity index (χ1v) is 16.4. The smallest absolute Gasteiger partial charge is 0.328 e. The summed E-state index contributed by atoms with van der Waals surface area (Å²) in [5, 5.41) is 29.2. The van der Waals surface area contributed by atoms with Gasteiger partial charge in [-0.15, -0.1) is 0 Å². The van der Waals surface area contributed by atoms with Crippen molar-refractivity contribution in [1.82, 2.24) is 21.3 Å². The molecule has 4 amide bonds. The number of nitrogens with two attached hydrogens (primary N) is 4. The maximum absolute atomic E-state index is 13.6. The van der Waals surface area contributed by atoms with Crippen molar-refractivity contribution in [1.29, 1.82) is 0 Å². The number of aromatic hydroxyl groups is 1. The van der Waals surface area contributed by atoms with Gasteiger partial charge in [-0.1, -0.05) is 32.4 Å². The minimum Gasteiger partial charge on any atom is -0.508 e. The summed E-state index contributed by atoms with van der Waals surface area (Å²) in [6.45, 7) is 3.84. The Balaban J connectivity index is 3.20. The number of guanidine groups is 1. The standard InChI is InChI=1S/C32H53N9O9/c1-18(2)26(30(48)40-24(31(49)50-3)17-19-9-11-20(42)12-10-19)41-29(47)23(13-14-25(43)44)39-28(46)22(8-6-16-37-32(35)36)38-27(45)21(34)7-4-5-15-33/h9-12,18,21-24,26,42H,4-8,13-17,33-34H2,1-3H3,(H,38,45)(H,39,46)(H,40,48)(H,41,47)(H,43,44)(H4,35,36,37)/t21-,22-,23-,24-,26-/m0/s1. The molecule has 1 rings (SSSR count). The number of carbonyl (C=O) groups excluding carboxylic acids is 5. The van der Waals surface area contributed by atoms with E-state index in [1.165, 1.54) is 12.1 Å². The van der Waals surface area contributed by atoms with Crippen LogP contribution in [0.2, 0.25) is 0 Å². The first-order valence-electron chi connectivity index (χ1n) is 16.4. The number of unbranched alkanes of at least 4 members (excludes halogenated alkanes) is 1. The van der Waals surface area contributed by atoms with Gasteiger partial charge in [0.1, 0.15) is 29.9 Å². The van der Waals surface area contributed by atoms with Crippen LogP contribution in [-0.4, -0.2) is 102 Å². The number of aliphatic carboxylic acids is 1. The average Bonchev–Trinajstić information content (AvgIpc) is 3.06. The number of nitrogens with zero attached hydrogens (tertiary/aromatic N) is 1. The molecule has 0 radical (unpaired) electrons. The van der Waals surface area contributed by atoms with E-state index in [4.69, 9.17) is 27.7 Å². The normalized spacial score (nSPS) is 13.9. The van der Waals surface area contributed by atoms with E-state index in [9.17, 15) is 39.0 Å². The third-order valence-electron chi connectivity index (χ3n) is 7.59. The predicted molar refractivity (Wildman–Crippen MR) is 184 cm³/mol. The molecule has 0 bridgehead atoms. The van der Waals surface area contributed by atoms with Crippen molar-refractivity contribution in [3.63, 3.8) is 0 Å². The maximum atomic E-state index is 13.6. The summed E-state index contributed by atoms with van der Waals surface area (Å²) in [7, 11) is 1.15. The molecular weight excluding hydrogens is 654 g/mol. The summed E-state index contributed by atoms with van der Waals surface area (Å²) in [6.07, 6.45) is 1.02. The van der Waals surface area contributed by atoms with Crippen LogP contribution in [-0.2, 0) is 39.9 Å². The van der Waals surface area contributed by atoms with Crippen LogP contribution in [0.1, 0.15) is 64.4 Å². The number of ether oxygens (including phenoxy) is 1. The molecule has 0 spiro atoms. The third-order valence-corrected chi connectivity index (χ3v) is 7.59. The molecule has 0 unspecified atom stereocenters. The molecule has 0 saturated carbocycles. The summed E-state index contributed by atoms with van der Waals surface area (Å²) < 4.78 is 4.85. The Hall–Kier alpha value is -4.97. The number of methoxy groups -OCH3 is 1. The van der Waals surface area contributed by atoms with Crippen LogP contribution >= 0.6 is 0 Å². The fourth-order valence-corrected chi connectivity index (χ4v) is 4.75. The van der Waals surface area contributed by atoms with Crippen LogP contribution < -0.4 is 44.2 Å². The number of carboxylic acids is 1. The highest BCUT2D eigenvalue weighted by atomic mass is 16.5. The van der Waals surface area contributed by atoms with E-state index in [0.717, 1.165) is 7.11 Å². The molecule has 0 saturated heterocycles. The molecule has 0 aliphatic rings. The third kappa shape index (κ3) is 16.4. The second kappa shape index (κ2) is 22.6. The molecule has 0 aromatic heterocycles. The van der Waals surface area contributed by atoms with Crippen LogP contribution in [0, 0.1) is 5.92 Å². The van der Waals surface area contributed by atoms with E-state index in [0.29, 0.717) is 31.4 Å². The molecule has 5 atom stereocenters. The topological polar surface area (TPSA) is 317 Å². The summed E-state index contributed by atoms with van der Waals surface area (Å²) in [4.78, 5) is 81.2. The van der Waals surface area contributed by atoms with Gasteiger partial charge < -0.3 is 59.2 Å². The van der Waals surface area contributed by atoms with E-state index in [1.54, 1.807) is 26.0 Å². The lowest BCUT2D eigenvalue weighted by molar-refractivity contribution is -0.145. The highest BCUT2D eigenvalue weighted by Crippen LogP contribution is 2.13. The van der Waals surface area contributed by atoms with Gasteiger partial charge in [0.25, 0.3) is 0 Å². The van der Waals surface area contributed by atoms with Crippen LogP contribution in [0.4, 0.5) is 0 Å². The van der Waals surface area contributed by atoms with Crippen molar-refractivity contribution in [3.8, 4) is 5.75 Å². The Morgan fingerprint density at radius 1 is 0.800 bits per heavy atom. The fourth-order valence-electron chi connectivity index (χ4n) is 4.75. The van der Waals surface area contributed by atoms with Gasteiger partial charge in [0.15, 0.2) is 5.96 Å². The zero-order valence-electron chi connectivity index (χ0n) is 28.9. The van der Waals surface area contributed by atoms with E-state index < -0.39 is 78.1 Å². The summed E-state index contributed by atoms with van der Waals surface area (Å²) in [5.41, 5.74) is 22.9. The van der Waals surface area contributed by atoms with Gasteiger partial charge in [0.05, 0.1) is 13.2 Å². The average molecular weight is 708 g/mol. The molecule has 0 fully saturated rings. The molecule has 1 aromatic carbocycles. The lowest BCUT2D eigenvalue weighted by Gasteiger charge is -2.28. The first kappa shape index (κ1) is 43.1. The van der Waals surface area contributed by atoms with Gasteiger partial charge in [-0.25, -0.2) is 4.79 Å². The number of hydrogen-bond donors (Lipinski definition) is 10. The maximum Gasteiger partial charge on any atom is 0.328 e. The van der Waals surface area contributed by atoms with Crippen molar-refractivity contribution in [2.45, 2.75) is 95.4 Å². The molecule has 0 aliphatic carbocycles. The number of aliphatic imine (C=N–C) groups is 1. The van der Waals surface area contributed by atoms with Gasteiger partial charge in [-0.2, -0.15) is 0 Å². The number of phenolic OH excluding ortho intramolecular Hbond substituents is 1. The Labute approximate surface area is 291 Å². The quantitative estimate of drug-likeness (QED) is 0.0257. The van der Waals surface area contributed by atoms with Crippen LogP contribution in [0.15, 0.2) is 29.3 Å².